The first-order valence-electron chi connectivity index (χ1n) is 5.59. The summed E-state index contributed by atoms with van der Waals surface area (Å²) in [7, 11) is 1.77. The van der Waals surface area contributed by atoms with Gasteiger partial charge in [-0.3, -0.25) is 4.79 Å². The summed E-state index contributed by atoms with van der Waals surface area (Å²) < 4.78 is 0. The van der Waals surface area contributed by atoms with Crippen molar-refractivity contribution in [2.75, 3.05) is 20.1 Å². The number of carbonyl (C=O) groups is 1. The van der Waals surface area contributed by atoms with E-state index in [1.54, 1.807) is 25.2 Å². The molecule has 0 heterocycles. The zero-order valence-electron chi connectivity index (χ0n) is 10.5. The fourth-order valence-electron chi connectivity index (χ4n) is 1.47. The Morgan fingerprint density at radius 1 is 1.37 bits per heavy atom. The minimum Gasteiger partial charge on any atom is -0.386 e. The number of amides is 1. The van der Waals surface area contributed by atoms with Gasteiger partial charge in [0.25, 0.3) is 0 Å². The van der Waals surface area contributed by atoms with Gasteiger partial charge in [-0.2, -0.15) is 0 Å². The Balaban J connectivity index is 0.00000324. The van der Waals surface area contributed by atoms with Crippen LogP contribution in [-0.2, 0) is 4.79 Å². The lowest BCUT2D eigenvalue weighted by molar-refractivity contribution is -0.121. The molecule has 1 aromatic carbocycles. The lowest BCUT2D eigenvalue weighted by atomic mass is 10.1. The third kappa shape index (κ3) is 5.97. The van der Waals surface area contributed by atoms with Gasteiger partial charge >= 0.3 is 0 Å². The molecule has 1 aromatic rings. The molecule has 19 heavy (non-hydrogen) atoms. The second kappa shape index (κ2) is 9.39. The van der Waals surface area contributed by atoms with Gasteiger partial charge in [0.15, 0.2) is 0 Å². The van der Waals surface area contributed by atoms with E-state index in [0.717, 1.165) is 0 Å². The number of carbonyl (C=O) groups excluding carboxylic acids is 1. The van der Waals surface area contributed by atoms with Gasteiger partial charge in [-0.15, -0.1) is 12.4 Å². The molecule has 0 saturated carbocycles. The highest BCUT2D eigenvalue weighted by molar-refractivity contribution is 6.36. The molecular weight excluding hydrogens is 311 g/mol. The summed E-state index contributed by atoms with van der Waals surface area (Å²) in [5, 5.41) is 16.2. The third-order valence-electron chi connectivity index (χ3n) is 2.43. The SMILES string of the molecule is CNCCC(=O)NCC(O)c1c(Cl)cccc1Cl.Cl. The smallest absolute Gasteiger partial charge is 0.221 e. The first-order valence-corrected chi connectivity index (χ1v) is 6.35. The highest BCUT2D eigenvalue weighted by atomic mass is 35.5. The summed E-state index contributed by atoms with van der Waals surface area (Å²) in [6.07, 6.45) is -0.552. The second-order valence-electron chi connectivity index (χ2n) is 3.81. The normalized spacial score (nSPS) is 11.6. The van der Waals surface area contributed by atoms with Crippen LogP contribution in [0.25, 0.3) is 0 Å². The zero-order chi connectivity index (χ0) is 13.5. The Bertz CT molecular complexity index is 396. The van der Waals surface area contributed by atoms with Crippen LogP contribution >= 0.6 is 35.6 Å². The molecule has 1 rings (SSSR count). The predicted molar refractivity (Wildman–Crippen MR) is 80.2 cm³/mol. The van der Waals surface area contributed by atoms with Gasteiger partial charge in [-0.1, -0.05) is 29.3 Å². The number of halogens is 3. The van der Waals surface area contributed by atoms with Crippen LogP contribution in [0.2, 0.25) is 10.0 Å². The van der Waals surface area contributed by atoms with Crippen molar-refractivity contribution in [2.45, 2.75) is 12.5 Å². The lowest BCUT2D eigenvalue weighted by Gasteiger charge is -2.15. The average molecular weight is 328 g/mol. The second-order valence-corrected chi connectivity index (χ2v) is 4.62. The van der Waals surface area contributed by atoms with E-state index in [1.165, 1.54) is 0 Å². The topological polar surface area (TPSA) is 61.4 Å². The Hall–Kier alpha value is -0.520. The highest BCUT2D eigenvalue weighted by Gasteiger charge is 2.15. The minimum atomic E-state index is -0.912. The number of aliphatic hydroxyl groups is 1. The van der Waals surface area contributed by atoms with Crippen molar-refractivity contribution in [3.63, 3.8) is 0 Å². The van der Waals surface area contributed by atoms with Crippen molar-refractivity contribution in [1.29, 1.82) is 0 Å². The van der Waals surface area contributed by atoms with Gasteiger partial charge < -0.3 is 15.7 Å². The number of hydrogen-bond acceptors (Lipinski definition) is 3. The number of benzene rings is 1. The maximum atomic E-state index is 11.4. The Labute approximate surface area is 128 Å². The van der Waals surface area contributed by atoms with Crippen LogP contribution in [0.3, 0.4) is 0 Å². The molecule has 1 unspecified atom stereocenters. The fourth-order valence-corrected chi connectivity index (χ4v) is 2.12. The van der Waals surface area contributed by atoms with Crippen molar-refractivity contribution >= 4 is 41.5 Å². The first kappa shape index (κ1) is 18.5. The van der Waals surface area contributed by atoms with Gasteiger partial charge in [0.2, 0.25) is 5.91 Å². The number of nitrogens with one attached hydrogen (secondary N) is 2. The molecule has 0 aliphatic rings. The van der Waals surface area contributed by atoms with Crippen LogP contribution < -0.4 is 10.6 Å². The molecule has 0 radical (unpaired) electrons. The van der Waals surface area contributed by atoms with Crippen molar-refractivity contribution in [3.05, 3.63) is 33.8 Å². The molecule has 0 bridgehead atoms. The summed E-state index contributed by atoms with van der Waals surface area (Å²) in [5.41, 5.74) is 0.440. The van der Waals surface area contributed by atoms with Crippen LogP contribution in [0, 0.1) is 0 Å². The zero-order valence-corrected chi connectivity index (χ0v) is 12.8. The number of aliphatic hydroxyl groups excluding tert-OH is 1. The minimum absolute atomic E-state index is 0. The van der Waals surface area contributed by atoms with Gasteiger partial charge in [0.05, 0.1) is 6.10 Å². The van der Waals surface area contributed by atoms with E-state index in [1.807, 2.05) is 0 Å². The number of rotatable bonds is 6. The van der Waals surface area contributed by atoms with Crippen molar-refractivity contribution in [1.82, 2.24) is 10.6 Å². The standard InChI is InChI=1S/C12H16Cl2N2O2.ClH/c1-15-6-5-11(18)16-7-10(17)12-8(13)3-2-4-9(12)14;/h2-4,10,15,17H,5-7H2,1H3,(H,16,18);1H. The van der Waals surface area contributed by atoms with Crippen LogP contribution in [0.5, 0.6) is 0 Å². The van der Waals surface area contributed by atoms with E-state index in [9.17, 15) is 9.90 Å². The van der Waals surface area contributed by atoms with Crippen LogP contribution in [-0.4, -0.2) is 31.2 Å². The van der Waals surface area contributed by atoms with E-state index in [0.29, 0.717) is 28.6 Å². The van der Waals surface area contributed by atoms with E-state index in [-0.39, 0.29) is 24.9 Å². The maximum absolute atomic E-state index is 11.4. The van der Waals surface area contributed by atoms with E-state index in [2.05, 4.69) is 10.6 Å². The third-order valence-corrected chi connectivity index (χ3v) is 3.09. The van der Waals surface area contributed by atoms with Crippen LogP contribution in [0.1, 0.15) is 18.1 Å². The molecule has 0 aromatic heterocycles. The van der Waals surface area contributed by atoms with Crippen LogP contribution in [0.4, 0.5) is 0 Å². The van der Waals surface area contributed by atoms with Crippen molar-refractivity contribution in [2.24, 2.45) is 0 Å². The molecule has 1 amide bonds. The van der Waals surface area contributed by atoms with E-state index in [4.69, 9.17) is 23.2 Å². The summed E-state index contributed by atoms with van der Waals surface area (Å²) in [4.78, 5) is 11.4. The number of hydrogen-bond donors (Lipinski definition) is 3. The molecule has 0 fully saturated rings. The Morgan fingerprint density at radius 3 is 2.47 bits per heavy atom. The van der Waals surface area contributed by atoms with Gasteiger partial charge in [-0.05, 0) is 19.2 Å². The molecule has 7 heteroatoms. The molecule has 0 spiro atoms. The summed E-state index contributed by atoms with van der Waals surface area (Å²) >= 11 is 11.9. The molecule has 3 N–H and O–H groups in total. The summed E-state index contributed by atoms with van der Waals surface area (Å²) in [6, 6.07) is 5.00. The average Bonchev–Trinajstić information content (AvgIpc) is 2.33. The molecule has 4 nitrogen and oxygen atoms in total. The molecular formula is C12H17Cl3N2O2. The molecule has 0 saturated heterocycles. The molecule has 0 aliphatic heterocycles. The summed E-state index contributed by atoms with van der Waals surface area (Å²) in [6.45, 7) is 0.681. The lowest BCUT2D eigenvalue weighted by Crippen LogP contribution is -2.30. The summed E-state index contributed by atoms with van der Waals surface area (Å²) in [5.74, 6) is -0.133. The van der Waals surface area contributed by atoms with Gasteiger partial charge in [-0.25, -0.2) is 0 Å². The van der Waals surface area contributed by atoms with E-state index < -0.39 is 6.10 Å². The molecule has 108 valence electrons. The van der Waals surface area contributed by atoms with Gasteiger partial charge in [0.1, 0.15) is 0 Å². The molecule has 1 atom stereocenters. The highest BCUT2D eigenvalue weighted by Crippen LogP contribution is 2.29. The van der Waals surface area contributed by atoms with E-state index >= 15 is 0 Å². The fraction of sp³-hybridized carbons (Fsp3) is 0.417. The largest absolute Gasteiger partial charge is 0.386 e. The van der Waals surface area contributed by atoms with Crippen molar-refractivity contribution < 1.29 is 9.90 Å². The monoisotopic (exact) mass is 326 g/mol. The molecule has 0 aliphatic carbocycles. The maximum Gasteiger partial charge on any atom is 0.221 e. The van der Waals surface area contributed by atoms with Gasteiger partial charge in [0, 0.05) is 35.1 Å². The Morgan fingerprint density at radius 2 is 1.95 bits per heavy atom. The first-order chi connectivity index (χ1) is 8.56. The predicted octanol–water partition coefficient (Wildman–Crippen LogP) is 2.17. The van der Waals surface area contributed by atoms with Crippen LogP contribution in [0.15, 0.2) is 18.2 Å². The Kier molecular flexibility index (Phi) is 9.14. The quantitative estimate of drug-likeness (QED) is 0.750. The van der Waals surface area contributed by atoms with Crippen molar-refractivity contribution in [3.8, 4) is 0 Å².